The molecule has 1 aliphatic carbocycles. The summed E-state index contributed by atoms with van der Waals surface area (Å²) in [6.45, 7) is 0. The molecule has 1 aliphatic heterocycles. The predicted octanol–water partition coefficient (Wildman–Crippen LogP) is 4.07. The molecule has 1 heterocycles. The molecule has 1 aromatic rings. The molecular weight excluding hydrogens is 214 g/mol. The van der Waals surface area contributed by atoms with Crippen molar-refractivity contribution in [2.75, 3.05) is 5.32 Å². The molecule has 2 heteroatoms. The number of benzene rings is 1. The largest absolute Gasteiger partial charge is 0.355 e. The minimum absolute atomic E-state index is 1.02. The molecule has 0 spiro atoms. The molecule has 0 aromatic heterocycles. The van der Waals surface area contributed by atoms with Crippen molar-refractivity contribution in [1.82, 2.24) is 0 Å². The fourth-order valence-corrected chi connectivity index (χ4v) is 2.85. The Morgan fingerprint density at radius 2 is 2.12 bits per heavy atom. The maximum atomic E-state index is 3.53. The van der Waals surface area contributed by atoms with Gasteiger partial charge in [-0.3, -0.25) is 0 Å². The van der Waals surface area contributed by atoms with Gasteiger partial charge < -0.3 is 5.32 Å². The van der Waals surface area contributed by atoms with Gasteiger partial charge in [-0.05, 0) is 23.5 Å². The zero-order valence-corrected chi connectivity index (χ0v) is 9.76. The summed E-state index contributed by atoms with van der Waals surface area (Å²) < 4.78 is 0. The Bertz CT molecular complexity index is 497. The average molecular weight is 227 g/mol. The lowest BCUT2D eigenvalue weighted by atomic mass is 10.1. The number of para-hydroxylation sites is 1. The number of nitrogens with one attached hydrogen (secondary N) is 1. The summed E-state index contributed by atoms with van der Waals surface area (Å²) in [6, 6.07) is 8.52. The lowest BCUT2D eigenvalue weighted by Gasteiger charge is -2.20. The van der Waals surface area contributed by atoms with Crippen LogP contribution in [0.1, 0.15) is 12.0 Å². The molecule has 16 heavy (non-hydrogen) atoms. The third-order valence-corrected chi connectivity index (χ3v) is 3.70. The molecule has 0 saturated carbocycles. The Kier molecular flexibility index (Phi) is 2.58. The Balaban J connectivity index is 2.01. The molecule has 0 radical (unpaired) electrons. The van der Waals surface area contributed by atoms with E-state index in [9.17, 15) is 0 Å². The first-order valence-electron chi connectivity index (χ1n) is 5.47. The van der Waals surface area contributed by atoms with Crippen LogP contribution >= 0.6 is 11.8 Å². The van der Waals surface area contributed by atoms with Crippen LogP contribution < -0.4 is 5.32 Å². The van der Waals surface area contributed by atoms with Crippen LogP contribution in [0.5, 0.6) is 0 Å². The first kappa shape index (κ1) is 9.79. The SMILES string of the molecule is C1=CC2=CSCc3ccccc3NC2=CC1. The van der Waals surface area contributed by atoms with E-state index in [1.807, 2.05) is 11.8 Å². The molecule has 3 rings (SSSR count). The second kappa shape index (κ2) is 4.22. The van der Waals surface area contributed by atoms with Crippen molar-refractivity contribution in [2.24, 2.45) is 0 Å². The van der Waals surface area contributed by atoms with Crippen LogP contribution in [0.2, 0.25) is 0 Å². The molecule has 1 N–H and O–H groups in total. The van der Waals surface area contributed by atoms with E-state index in [0.29, 0.717) is 0 Å². The predicted molar refractivity (Wildman–Crippen MR) is 71.3 cm³/mol. The quantitative estimate of drug-likeness (QED) is 0.717. The van der Waals surface area contributed by atoms with Crippen LogP contribution in [-0.4, -0.2) is 0 Å². The van der Waals surface area contributed by atoms with Crippen molar-refractivity contribution in [3.05, 3.63) is 64.7 Å². The highest BCUT2D eigenvalue weighted by Crippen LogP contribution is 2.31. The third kappa shape index (κ3) is 1.81. The molecule has 0 saturated heterocycles. The zero-order valence-electron chi connectivity index (χ0n) is 8.94. The van der Waals surface area contributed by atoms with Crippen molar-refractivity contribution in [3.8, 4) is 0 Å². The van der Waals surface area contributed by atoms with Gasteiger partial charge in [0.2, 0.25) is 0 Å². The molecule has 0 amide bonds. The molecule has 2 aliphatic rings. The maximum absolute atomic E-state index is 3.53. The van der Waals surface area contributed by atoms with E-state index in [1.54, 1.807) is 0 Å². The highest BCUT2D eigenvalue weighted by atomic mass is 32.2. The molecule has 1 aromatic carbocycles. The summed E-state index contributed by atoms with van der Waals surface area (Å²) in [5.74, 6) is 1.04. The van der Waals surface area contributed by atoms with E-state index in [-0.39, 0.29) is 0 Å². The smallest absolute Gasteiger partial charge is 0.0425 e. The van der Waals surface area contributed by atoms with Crippen LogP contribution in [0.3, 0.4) is 0 Å². The second-order valence-electron chi connectivity index (χ2n) is 3.92. The molecular formula is C14H13NS. The van der Waals surface area contributed by atoms with E-state index in [1.165, 1.54) is 22.5 Å². The van der Waals surface area contributed by atoms with E-state index in [0.717, 1.165) is 12.2 Å². The number of allylic oxidation sites excluding steroid dienone is 3. The molecule has 0 atom stereocenters. The maximum Gasteiger partial charge on any atom is 0.0425 e. The first-order chi connectivity index (χ1) is 7.93. The number of thioether (sulfide) groups is 1. The van der Waals surface area contributed by atoms with Crippen molar-refractivity contribution in [1.29, 1.82) is 0 Å². The van der Waals surface area contributed by atoms with E-state index in [4.69, 9.17) is 0 Å². The Hall–Kier alpha value is -1.41. The standard InChI is InChI=1S/C14H13NS/c1-3-7-13-11(5-1)9-16-10-12-6-2-4-8-14(12)15-13/h1-3,5-8,10,15H,4,9H2. The summed E-state index contributed by atoms with van der Waals surface area (Å²) in [5, 5.41) is 5.77. The lowest BCUT2D eigenvalue weighted by molar-refractivity contribution is 1.24. The summed E-state index contributed by atoms with van der Waals surface area (Å²) >= 11 is 1.86. The lowest BCUT2D eigenvalue weighted by Crippen LogP contribution is -2.07. The van der Waals surface area contributed by atoms with Crippen LogP contribution in [0, 0.1) is 0 Å². The van der Waals surface area contributed by atoms with E-state index < -0.39 is 0 Å². The van der Waals surface area contributed by atoms with Gasteiger partial charge in [-0.2, -0.15) is 0 Å². The van der Waals surface area contributed by atoms with Crippen molar-refractivity contribution in [3.63, 3.8) is 0 Å². The first-order valence-corrected chi connectivity index (χ1v) is 6.52. The third-order valence-electron chi connectivity index (χ3n) is 2.80. The summed E-state index contributed by atoms with van der Waals surface area (Å²) in [4.78, 5) is 0. The van der Waals surface area contributed by atoms with Crippen molar-refractivity contribution < 1.29 is 0 Å². The molecule has 1 nitrogen and oxygen atoms in total. The number of hydrogen-bond acceptors (Lipinski definition) is 2. The molecule has 80 valence electrons. The summed E-state index contributed by atoms with van der Waals surface area (Å²) in [7, 11) is 0. The number of fused-ring (bicyclic) bond motifs is 2. The van der Waals surface area contributed by atoms with Gasteiger partial charge in [0.25, 0.3) is 0 Å². The van der Waals surface area contributed by atoms with Gasteiger partial charge >= 0.3 is 0 Å². The monoisotopic (exact) mass is 227 g/mol. The topological polar surface area (TPSA) is 12.0 Å². The summed E-state index contributed by atoms with van der Waals surface area (Å²) in [5.41, 5.74) is 5.15. The van der Waals surface area contributed by atoms with Gasteiger partial charge in [0.05, 0.1) is 0 Å². The number of hydrogen-bond donors (Lipinski definition) is 1. The highest BCUT2D eigenvalue weighted by molar-refractivity contribution is 8.01. The Labute approximate surface area is 99.9 Å². The van der Waals surface area contributed by atoms with E-state index in [2.05, 4.69) is 53.2 Å². The zero-order chi connectivity index (χ0) is 10.8. The van der Waals surface area contributed by atoms with Gasteiger partial charge in [-0.1, -0.05) is 36.4 Å². The van der Waals surface area contributed by atoms with Crippen molar-refractivity contribution >= 4 is 17.4 Å². The Morgan fingerprint density at radius 1 is 1.19 bits per heavy atom. The molecule has 0 unspecified atom stereocenters. The summed E-state index contributed by atoms with van der Waals surface area (Å²) in [6.07, 6.45) is 7.66. The van der Waals surface area contributed by atoms with Gasteiger partial charge in [0.1, 0.15) is 0 Å². The van der Waals surface area contributed by atoms with Crippen LogP contribution in [0.4, 0.5) is 5.69 Å². The Morgan fingerprint density at radius 3 is 3.12 bits per heavy atom. The highest BCUT2D eigenvalue weighted by Gasteiger charge is 2.11. The molecule has 0 bridgehead atoms. The van der Waals surface area contributed by atoms with E-state index >= 15 is 0 Å². The van der Waals surface area contributed by atoms with Crippen molar-refractivity contribution in [2.45, 2.75) is 12.2 Å². The van der Waals surface area contributed by atoms with Gasteiger partial charge in [-0.25, -0.2) is 0 Å². The fourth-order valence-electron chi connectivity index (χ4n) is 1.95. The van der Waals surface area contributed by atoms with Crippen LogP contribution in [0.15, 0.2) is 59.2 Å². The fraction of sp³-hybridized carbons (Fsp3) is 0.143. The van der Waals surface area contributed by atoms with Crippen LogP contribution in [-0.2, 0) is 5.75 Å². The number of anilines is 1. The van der Waals surface area contributed by atoms with Gasteiger partial charge in [0, 0.05) is 22.7 Å². The second-order valence-corrected chi connectivity index (χ2v) is 4.78. The average Bonchev–Trinajstić information content (AvgIpc) is 2.29. The molecule has 0 fully saturated rings. The van der Waals surface area contributed by atoms with Gasteiger partial charge in [0.15, 0.2) is 0 Å². The minimum atomic E-state index is 1.02. The van der Waals surface area contributed by atoms with Gasteiger partial charge in [-0.15, -0.1) is 11.8 Å². The normalized spacial score (nSPS) is 18.2. The minimum Gasteiger partial charge on any atom is -0.355 e. The number of rotatable bonds is 0. The van der Waals surface area contributed by atoms with Crippen LogP contribution in [0.25, 0.3) is 0 Å².